The van der Waals surface area contributed by atoms with Gasteiger partial charge in [-0.25, -0.2) is 0 Å². The molecule has 0 aromatic heterocycles. The quantitative estimate of drug-likeness (QED) is 0.0876. The van der Waals surface area contributed by atoms with Crippen LogP contribution >= 0.6 is 15.9 Å². The smallest absolute Gasteiger partial charge is 0.309 e. The second-order valence-corrected chi connectivity index (χ2v) is 12.9. The van der Waals surface area contributed by atoms with Gasteiger partial charge in [0.2, 0.25) is 0 Å². The molecule has 6 rings (SSSR count). The van der Waals surface area contributed by atoms with Gasteiger partial charge in [0.25, 0.3) is 0 Å². The van der Waals surface area contributed by atoms with Crippen molar-refractivity contribution in [3.63, 3.8) is 0 Å². The molecule has 1 aliphatic heterocycles. The summed E-state index contributed by atoms with van der Waals surface area (Å²) >= 11 is 3.42. The lowest BCUT2D eigenvalue weighted by atomic mass is 9.83. The molecule has 1 saturated heterocycles. The number of ether oxygens (including phenoxy) is 6. The molecule has 0 aliphatic carbocycles. The van der Waals surface area contributed by atoms with Crippen molar-refractivity contribution in [2.24, 2.45) is 5.92 Å². The van der Waals surface area contributed by atoms with Crippen LogP contribution in [0.4, 0.5) is 0 Å². The van der Waals surface area contributed by atoms with E-state index in [-0.39, 0.29) is 17.8 Å². The van der Waals surface area contributed by atoms with Crippen molar-refractivity contribution >= 4 is 21.9 Å². The molecule has 266 valence electrons. The Balaban J connectivity index is 0.000000236. The Hall–Kier alpha value is -4.95. The predicted molar refractivity (Wildman–Crippen MR) is 203 cm³/mol. The first-order chi connectivity index (χ1) is 24.9. The average molecular weight is 754 g/mol. The van der Waals surface area contributed by atoms with Gasteiger partial charge in [-0.15, -0.1) is 0 Å². The van der Waals surface area contributed by atoms with Crippen LogP contribution in [0.5, 0.6) is 28.7 Å². The van der Waals surface area contributed by atoms with Crippen molar-refractivity contribution in [2.45, 2.75) is 44.2 Å². The molecule has 1 unspecified atom stereocenters. The number of aryl methyl sites for hydroxylation is 1. The largest absolute Gasteiger partial charge is 0.496 e. The zero-order valence-electron chi connectivity index (χ0n) is 29.6. The Bertz CT molecular complexity index is 1840. The summed E-state index contributed by atoms with van der Waals surface area (Å²) in [5.41, 5.74) is 6.68. The lowest BCUT2D eigenvalue weighted by molar-refractivity contribution is -0.154. The molecule has 0 radical (unpaired) electrons. The van der Waals surface area contributed by atoms with Crippen LogP contribution in [0.3, 0.4) is 0 Å². The van der Waals surface area contributed by atoms with Crippen molar-refractivity contribution in [1.29, 1.82) is 0 Å². The summed E-state index contributed by atoms with van der Waals surface area (Å²) in [4.78, 5) is 12.5. The van der Waals surface area contributed by atoms with Gasteiger partial charge in [0, 0.05) is 11.2 Å². The Labute approximate surface area is 309 Å². The lowest BCUT2D eigenvalue weighted by Crippen LogP contribution is -2.30. The first kappa shape index (κ1) is 37.3. The topological polar surface area (TPSA) is 72.5 Å². The van der Waals surface area contributed by atoms with E-state index in [0.29, 0.717) is 37.7 Å². The number of methoxy groups -OCH3 is 3. The summed E-state index contributed by atoms with van der Waals surface area (Å²) in [6, 6.07) is 38.1. The van der Waals surface area contributed by atoms with Gasteiger partial charge in [-0.05, 0) is 83.5 Å². The van der Waals surface area contributed by atoms with Crippen LogP contribution in [0.15, 0.2) is 115 Å². The van der Waals surface area contributed by atoms with Crippen LogP contribution in [-0.4, -0.2) is 33.9 Å². The molecule has 7 nitrogen and oxygen atoms in total. The summed E-state index contributed by atoms with van der Waals surface area (Å²) < 4.78 is 33.6. The highest BCUT2D eigenvalue weighted by atomic mass is 79.9. The van der Waals surface area contributed by atoms with E-state index >= 15 is 0 Å². The number of cyclic esters (lactones) is 1. The average Bonchev–Trinajstić information content (AvgIpc) is 3.18. The standard InChI is InChI=1S/C28H30O5.C15H15BrO2/c1-19-13-22(10-12-25(19)30-2)24-16-23(28(29)33-18-24)14-21-9-11-26(27(15-21)31-3)32-17-20-7-5-4-6-8-20;1-17-15-9-13(10-16)7-8-14(15)18-11-12-5-3-2-4-6-12/h4-13,15,23-24H,14,16-18H2,1-3H3;2-9H,10-11H2,1H3/t23?,24-;/m1./s1. The molecule has 5 aromatic rings. The second kappa shape index (κ2) is 18.9. The number of esters is 1. The van der Waals surface area contributed by atoms with Crippen molar-refractivity contribution in [2.75, 3.05) is 27.9 Å². The number of carbonyl (C=O) groups excluding carboxylic acids is 1. The fraction of sp³-hybridized carbons (Fsp3) is 0.279. The fourth-order valence-corrected chi connectivity index (χ4v) is 6.34. The molecule has 0 saturated carbocycles. The minimum Gasteiger partial charge on any atom is -0.496 e. The molecule has 0 N–H and O–H groups in total. The summed E-state index contributed by atoms with van der Waals surface area (Å²) in [6.45, 7) is 3.46. The third-order valence-electron chi connectivity index (χ3n) is 8.79. The van der Waals surface area contributed by atoms with Gasteiger partial charge in [0.15, 0.2) is 23.0 Å². The molecule has 5 aromatic carbocycles. The van der Waals surface area contributed by atoms with E-state index in [9.17, 15) is 4.79 Å². The van der Waals surface area contributed by atoms with E-state index in [0.717, 1.165) is 51.3 Å². The van der Waals surface area contributed by atoms with Gasteiger partial charge >= 0.3 is 5.97 Å². The zero-order valence-corrected chi connectivity index (χ0v) is 31.2. The predicted octanol–water partition coefficient (Wildman–Crippen LogP) is 9.65. The van der Waals surface area contributed by atoms with Gasteiger partial charge in [-0.1, -0.05) is 101 Å². The van der Waals surface area contributed by atoms with Crippen LogP contribution in [0.25, 0.3) is 0 Å². The molecule has 51 heavy (non-hydrogen) atoms. The Morgan fingerprint density at radius 2 is 1.16 bits per heavy atom. The first-order valence-electron chi connectivity index (χ1n) is 16.9. The Morgan fingerprint density at radius 1 is 0.627 bits per heavy atom. The van der Waals surface area contributed by atoms with E-state index in [1.54, 1.807) is 21.3 Å². The van der Waals surface area contributed by atoms with Crippen LogP contribution < -0.4 is 23.7 Å². The molecule has 2 atom stereocenters. The van der Waals surface area contributed by atoms with E-state index < -0.39 is 0 Å². The van der Waals surface area contributed by atoms with E-state index in [2.05, 4.69) is 28.1 Å². The van der Waals surface area contributed by atoms with Crippen molar-refractivity contribution in [3.05, 3.63) is 149 Å². The molecule has 1 heterocycles. The zero-order chi connectivity index (χ0) is 36.0. The summed E-state index contributed by atoms with van der Waals surface area (Å²) in [7, 11) is 4.96. The highest BCUT2D eigenvalue weighted by Crippen LogP contribution is 2.36. The Kier molecular flexibility index (Phi) is 13.8. The summed E-state index contributed by atoms with van der Waals surface area (Å²) in [6.07, 6.45) is 1.35. The number of hydrogen-bond acceptors (Lipinski definition) is 7. The third-order valence-corrected chi connectivity index (χ3v) is 9.43. The normalized spacial score (nSPS) is 15.1. The van der Waals surface area contributed by atoms with Crippen LogP contribution in [0.1, 0.15) is 45.7 Å². The summed E-state index contributed by atoms with van der Waals surface area (Å²) in [5, 5.41) is 0.808. The molecule has 0 bridgehead atoms. The second-order valence-electron chi connectivity index (χ2n) is 12.3. The molecule has 1 aliphatic rings. The first-order valence-corrected chi connectivity index (χ1v) is 18.1. The molecular weight excluding hydrogens is 708 g/mol. The van der Waals surface area contributed by atoms with Gasteiger partial charge in [0.05, 0.1) is 33.9 Å². The van der Waals surface area contributed by atoms with Crippen LogP contribution in [0.2, 0.25) is 0 Å². The van der Waals surface area contributed by atoms with E-state index in [4.69, 9.17) is 28.4 Å². The highest BCUT2D eigenvalue weighted by Gasteiger charge is 2.32. The molecule has 0 amide bonds. The molecular formula is C43H45BrO7. The van der Waals surface area contributed by atoms with Gasteiger partial charge in [-0.2, -0.15) is 0 Å². The third kappa shape index (κ3) is 10.5. The maximum atomic E-state index is 12.5. The minimum atomic E-state index is -0.202. The lowest BCUT2D eigenvalue weighted by Gasteiger charge is -2.29. The molecule has 0 spiro atoms. The van der Waals surface area contributed by atoms with Crippen molar-refractivity contribution < 1.29 is 33.2 Å². The summed E-state index contributed by atoms with van der Waals surface area (Å²) in [5.74, 6) is 3.58. The maximum Gasteiger partial charge on any atom is 0.309 e. The number of halogens is 1. The molecule has 1 fully saturated rings. The maximum absolute atomic E-state index is 12.5. The number of alkyl halides is 1. The highest BCUT2D eigenvalue weighted by molar-refractivity contribution is 9.08. The van der Waals surface area contributed by atoms with E-state index in [1.807, 2.05) is 110 Å². The SMILES string of the molecule is COc1cc(CBr)ccc1OCc1ccccc1.COc1ccc([C@H]2COC(=O)C(Cc3ccc(OCc4ccccc4)c(OC)c3)C2)cc1C. The fourth-order valence-electron chi connectivity index (χ4n) is 5.99. The molecule has 8 heteroatoms. The van der Waals surface area contributed by atoms with Crippen molar-refractivity contribution in [1.82, 2.24) is 0 Å². The van der Waals surface area contributed by atoms with Gasteiger partial charge in [-0.3, -0.25) is 4.79 Å². The minimum absolute atomic E-state index is 0.139. The van der Waals surface area contributed by atoms with Gasteiger partial charge in [0.1, 0.15) is 19.0 Å². The number of hydrogen-bond donors (Lipinski definition) is 0. The van der Waals surface area contributed by atoms with Gasteiger partial charge < -0.3 is 28.4 Å². The number of carbonyl (C=O) groups is 1. The number of benzene rings is 5. The Morgan fingerprint density at radius 3 is 1.69 bits per heavy atom. The monoisotopic (exact) mass is 752 g/mol. The van der Waals surface area contributed by atoms with Crippen molar-refractivity contribution in [3.8, 4) is 28.7 Å². The van der Waals surface area contributed by atoms with Crippen LogP contribution in [0, 0.1) is 12.8 Å². The van der Waals surface area contributed by atoms with Crippen LogP contribution in [-0.2, 0) is 34.5 Å². The van der Waals surface area contributed by atoms with E-state index in [1.165, 1.54) is 11.1 Å². The number of rotatable bonds is 13.